The SMILES string of the molecule is CC1CN(C(=O)CSc2ccccn2)CC(C)O1. The molecule has 0 bridgehead atoms. The molecule has 0 aromatic carbocycles. The molecule has 5 heteroatoms. The molecular weight excluding hydrogens is 248 g/mol. The number of carbonyl (C=O) groups excluding carboxylic acids is 1. The van der Waals surface area contributed by atoms with Gasteiger partial charge in [0.25, 0.3) is 0 Å². The number of nitrogens with zero attached hydrogens (tertiary/aromatic N) is 2. The normalized spacial score (nSPS) is 24.0. The first-order valence-electron chi connectivity index (χ1n) is 6.12. The van der Waals surface area contributed by atoms with Crippen molar-refractivity contribution in [2.24, 2.45) is 0 Å². The first-order valence-corrected chi connectivity index (χ1v) is 7.11. The molecule has 2 heterocycles. The van der Waals surface area contributed by atoms with Crippen LogP contribution < -0.4 is 0 Å². The van der Waals surface area contributed by atoms with Crippen LogP contribution in [-0.2, 0) is 9.53 Å². The molecule has 1 amide bonds. The molecule has 2 atom stereocenters. The molecule has 0 spiro atoms. The molecule has 2 unspecified atom stereocenters. The highest BCUT2D eigenvalue weighted by atomic mass is 32.2. The Bertz CT molecular complexity index is 389. The van der Waals surface area contributed by atoms with Crippen LogP contribution in [0.15, 0.2) is 29.4 Å². The Morgan fingerprint density at radius 2 is 2.17 bits per heavy atom. The summed E-state index contributed by atoms with van der Waals surface area (Å²) in [7, 11) is 0. The van der Waals surface area contributed by atoms with E-state index in [9.17, 15) is 4.79 Å². The second kappa shape index (κ2) is 6.20. The number of carbonyl (C=O) groups is 1. The third-order valence-electron chi connectivity index (χ3n) is 2.75. The minimum atomic E-state index is 0.123. The van der Waals surface area contributed by atoms with Crippen molar-refractivity contribution >= 4 is 17.7 Å². The zero-order valence-corrected chi connectivity index (χ0v) is 11.5. The third kappa shape index (κ3) is 3.71. The molecule has 0 N–H and O–H groups in total. The lowest BCUT2D eigenvalue weighted by molar-refractivity contribution is -0.140. The van der Waals surface area contributed by atoms with E-state index in [4.69, 9.17) is 4.74 Å². The molecule has 2 rings (SSSR count). The molecule has 98 valence electrons. The standard InChI is InChI=1S/C13H18N2O2S/c1-10-7-15(8-11(2)17-10)13(16)9-18-12-5-3-4-6-14-12/h3-6,10-11H,7-9H2,1-2H3. The van der Waals surface area contributed by atoms with Gasteiger partial charge in [0, 0.05) is 19.3 Å². The van der Waals surface area contributed by atoms with Gasteiger partial charge in [-0.15, -0.1) is 0 Å². The van der Waals surface area contributed by atoms with Gasteiger partial charge >= 0.3 is 0 Å². The largest absolute Gasteiger partial charge is 0.372 e. The van der Waals surface area contributed by atoms with Crippen molar-refractivity contribution in [1.29, 1.82) is 0 Å². The maximum atomic E-state index is 12.1. The van der Waals surface area contributed by atoms with E-state index in [1.165, 1.54) is 11.8 Å². The van der Waals surface area contributed by atoms with Crippen LogP contribution in [0.3, 0.4) is 0 Å². The predicted octanol–water partition coefficient (Wildman–Crippen LogP) is 1.81. The first kappa shape index (κ1) is 13.4. The van der Waals surface area contributed by atoms with E-state index in [2.05, 4.69) is 4.98 Å². The van der Waals surface area contributed by atoms with Gasteiger partial charge in [0.05, 0.1) is 23.0 Å². The fourth-order valence-corrected chi connectivity index (χ4v) is 2.81. The Kier molecular flexibility index (Phi) is 4.60. The van der Waals surface area contributed by atoms with Gasteiger partial charge < -0.3 is 9.64 Å². The lowest BCUT2D eigenvalue weighted by Crippen LogP contribution is -2.48. The predicted molar refractivity (Wildman–Crippen MR) is 71.6 cm³/mol. The van der Waals surface area contributed by atoms with Crippen molar-refractivity contribution in [2.75, 3.05) is 18.8 Å². The zero-order valence-electron chi connectivity index (χ0n) is 10.7. The number of hydrogen-bond donors (Lipinski definition) is 0. The monoisotopic (exact) mass is 266 g/mol. The minimum Gasteiger partial charge on any atom is -0.372 e. The molecule has 0 saturated carbocycles. The molecule has 1 aliphatic rings. The van der Waals surface area contributed by atoms with Crippen molar-refractivity contribution in [3.05, 3.63) is 24.4 Å². The molecule has 1 aliphatic heterocycles. The van der Waals surface area contributed by atoms with Crippen molar-refractivity contribution in [3.8, 4) is 0 Å². The summed E-state index contributed by atoms with van der Waals surface area (Å²) in [4.78, 5) is 18.2. The Morgan fingerprint density at radius 1 is 1.44 bits per heavy atom. The zero-order chi connectivity index (χ0) is 13.0. The van der Waals surface area contributed by atoms with E-state index < -0.39 is 0 Å². The van der Waals surface area contributed by atoms with Gasteiger partial charge in [-0.05, 0) is 26.0 Å². The Labute approximate surface area is 112 Å². The number of aromatic nitrogens is 1. The summed E-state index contributed by atoms with van der Waals surface area (Å²) in [6.45, 7) is 5.38. The molecule has 0 radical (unpaired) electrons. The second-order valence-corrected chi connectivity index (χ2v) is 5.51. The molecule has 18 heavy (non-hydrogen) atoms. The van der Waals surface area contributed by atoms with Gasteiger partial charge in [-0.25, -0.2) is 4.98 Å². The number of morpholine rings is 1. The van der Waals surface area contributed by atoms with Gasteiger partial charge in [0.1, 0.15) is 0 Å². The van der Waals surface area contributed by atoms with Crippen LogP contribution in [0, 0.1) is 0 Å². The highest BCUT2D eigenvalue weighted by molar-refractivity contribution is 7.99. The number of pyridine rings is 1. The lowest BCUT2D eigenvalue weighted by Gasteiger charge is -2.35. The topological polar surface area (TPSA) is 42.4 Å². The van der Waals surface area contributed by atoms with E-state index in [-0.39, 0.29) is 18.1 Å². The van der Waals surface area contributed by atoms with Crippen LogP contribution in [0.5, 0.6) is 0 Å². The highest BCUT2D eigenvalue weighted by Gasteiger charge is 2.25. The van der Waals surface area contributed by atoms with Gasteiger partial charge in [-0.3, -0.25) is 4.79 Å². The molecule has 1 saturated heterocycles. The van der Waals surface area contributed by atoms with Crippen LogP contribution in [0.4, 0.5) is 0 Å². The average Bonchev–Trinajstić information content (AvgIpc) is 2.36. The smallest absolute Gasteiger partial charge is 0.233 e. The Balaban J connectivity index is 1.84. The van der Waals surface area contributed by atoms with E-state index >= 15 is 0 Å². The minimum absolute atomic E-state index is 0.123. The molecule has 1 fully saturated rings. The molecule has 1 aromatic heterocycles. The van der Waals surface area contributed by atoms with Crippen LogP contribution in [-0.4, -0.2) is 46.8 Å². The maximum Gasteiger partial charge on any atom is 0.233 e. The summed E-state index contributed by atoms with van der Waals surface area (Å²) in [6.07, 6.45) is 1.99. The van der Waals surface area contributed by atoms with Crippen LogP contribution >= 0.6 is 11.8 Å². The van der Waals surface area contributed by atoms with Crippen molar-refractivity contribution in [3.63, 3.8) is 0 Å². The van der Waals surface area contributed by atoms with Crippen LogP contribution in [0.25, 0.3) is 0 Å². The summed E-state index contributed by atoms with van der Waals surface area (Å²) in [5, 5.41) is 0.889. The number of hydrogen-bond acceptors (Lipinski definition) is 4. The van der Waals surface area contributed by atoms with E-state index in [0.29, 0.717) is 18.8 Å². The summed E-state index contributed by atoms with van der Waals surface area (Å²) >= 11 is 1.48. The fraction of sp³-hybridized carbons (Fsp3) is 0.538. The Morgan fingerprint density at radius 3 is 2.78 bits per heavy atom. The van der Waals surface area contributed by atoms with Gasteiger partial charge in [-0.1, -0.05) is 17.8 Å². The van der Waals surface area contributed by atoms with Gasteiger partial charge in [0.2, 0.25) is 5.91 Å². The van der Waals surface area contributed by atoms with Gasteiger partial charge in [-0.2, -0.15) is 0 Å². The first-order chi connectivity index (χ1) is 8.65. The Hall–Kier alpha value is -1.07. The number of amides is 1. The summed E-state index contributed by atoms with van der Waals surface area (Å²) in [6, 6.07) is 5.72. The van der Waals surface area contributed by atoms with E-state index in [1.54, 1.807) is 6.20 Å². The van der Waals surface area contributed by atoms with Gasteiger partial charge in [0.15, 0.2) is 0 Å². The summed E-state index contributed by atoms with van der Waals surface area (Å²) < 4.78 is 5.62. The van der Waals surface area contributed by atoms with Crippen LogP contribution in [0.2, 0.25) is 0 Å². The highest BCUT2D eigenvalue weighted by Crippen LogP contribution is 2.17. The number of rotatable bonds is 3. The molecule has 0 aliphatic carbocycles. The summed E-state index contributed by atoms with van der Waals surface area (Å²) in [5.41, 5.74) is 0. The van der Waals surface area contributed by atoms with Crippen molar-refractivity contribution in [1.82, 2.24) is 9.88 Å². The lowest BCUT2D eigenvalue weighted by atomic mass is 10.2. The quantitative estimate of drug-likeness (QED) is 0.783. The summed E-state index contributed by atoms with van der Waals surface area (Å²) in [5.74, 6) is 0.601. The second-order valence-electron chi connectivity index (χ2n) is 4.51. The fourth-order valence-electron chi connectivity index (χ4n) is 2.04. The number of ether oxygens (including phenoxy) is 1. The molecular formula is C13H18N2O2S. The van der Waals surface area contributed by atoms with Crippen molar-refractivity contribution in [2.45, 2.75) is 31.1 Å². The van der Waals surface area contributed by atoms with Crippen LogP contribution in [0.1, 0.15) is 13.8 Å². The number of thioether (sulfide) groups is 1. The van der Waals surface area contributed by atoms with E-state index in [1.807, 2.05) is 36.9 Å². The average molecular weight is 266 g/mol. The third-order valence-corrected chi connectivity index (χ3v) is 3.68. The maximum absolute atomic E-state index is 12.1. The molecule has 1 aromatic rings. The van der Waals surface area contributed by atoms with E-state index in [0.717, 1.165) is 5.03 Å². The molecule has 4 nitrogen and oxygen atoms in total. The van der Waals surface area contributed by atoms with Crippen molar-refractivity contribution < 1.29 is 9.53 Å².